The maximum atomic E-state index is 12.8. The molecule has 1 amide bonds. The van der Waals surface area contributed by atoms with Crippen molar-refractivity contribution in [2.75, 3.05) is 32.4 Å². The molecular formula is C18H18Cl2N2O3S2. The summed E-state index contributed by atoms with van der Waals surface area (Å²) in [5, 5.41) is 0.764. The molecule has 1 heterocycles. The minimum absolute atomic E-state index is 0.158. The van der Waals surface area contributed by atoms with E-state index in [1.807, 2.05) is 12.3 Å². The first-order chi connectivity index (χ1) is 12.8. The van der Waals surface area contributed by atoms with Crippen LogP contribution in [0.2, 0.25) is 10.0 Å². The van der Waals surface area contributed by atoms with Crippen molar-refractivity contribution in [1.82, 2.24) is 9.21 Å². The molecule has 0 spiro atoms. The van der Waals surface area contributed by atoms with Crippen LogP contribution >= 0.6 is 35.0 Å². The number of hydrogen-bond donors (Lipinski definition) is 0. The molecule has 0 bridgehead atoms. The number of rotatable bonds is 4. The van der Waals surface area contributed by atoms with Gasteiger partial charge < -0.3 is 4.90 Å². The highest BCUT2D eigenvalue weighted by Crippen LogP contribution is 2.26. The van der Waals surface area contributed by atoms with Crippen molar-refractivity contribution < 1.29 is 13.2 Å². The fourth-order valence-corrected chi connectivity index (χ4v) is 5.24. The molecule has 0 aliphatic carbocycles. The molecule has 2 aromatic carbocycles. The number of thioether (sulfide) groups is 1. The van der Waals surface area contributed by atoms with E-state index in [4.69, 9.17) is 23.2 Å². The molecule has 0 N–H and O–H groups in total. The van der Waals surface area contributed by atoms with Gasteiger partial charge >= 0.3 is 0 Å². The lowest BCUT2D eigenvalue weighted by molar-refractivity contribution is 0.0698. The van der Waals surface area contributed by atoms with Crippen LogP contribution in [0.5, 0.6) is 0 Å². The summed E-state index contributed by atoms with van der Waals surface area (Å²) in [5.74, 6) is -0.185. The van der Waals surface area contributed by atoms with E-state index in [1.165, 1.54) is 28.2 Å². The summed E-state index contributed by atoms with van der Waals surface area (Å²) >= 11 is 13.6. The Kier molecular flexibility index (Phi) is 6.38. The highest BCUT2D eigenvalue weighted by atomic mass is 35.5. The maximum Gasteiger partial charge on any atom is 0.255 e. The minimum atomic E-state index is -3.64. The molecule has 3 rings (SSSR count). The molecule has 0 atom stereocenters. The molecular weight excluding hydrogens is 427 g/mol. The second kappa shape index (κ2) is 8.41. The average Bonchev–Trinajstić information content (AvgIpc) is 2.68. The molecule has 0 radical (unpaired) electrons. The number of piperazine rings is 1. The van der Waals surface area contributed by atoms with Crippen molar-refractivity contribution in [3.63, 3.8) is 0 Å². The first kappa shape index (κ1) is 20.5. The Hall–Kier alpha value is -1.25. The largest absolute Gasteiger partial charge is 0.336 e. The van der Waals surface area contributed by atoms with Gasteiger partial charge in [-0.25, -0.2) is 8.42 Å². The fourth-order valence-electron chi connectivity index (χ4n) is 2.87. The fraction of sp³-hybridized carbons (Fsp3) is 0.278. The van der Waals surface area contributed by atoms with Crippen molar-refractivity contribution in [3.8, 4) is 0 Å². The Balaban J connectivity index is 1.73. The van der Waals surface area contributed by atoms with E-state index in [9.17, 15) is 13.2 Å². The normalized spacial score (nSPS) is 15.7. The lowest BCUT2D eigenvalue weighted by Gasteiger charge is -2.34. The highest BCUT2D eigenvalue weighted by Gasteiger charge is 2.31. The Bertz CT molecular complexity index is 959. The van der Waals surface area contributed by atoms with Crippen molar-refractivity contribution in [3.05, 3.63) is 58.1 Å². The summed E-state index contributed by atoms with van der Waals surface area (Å²) in [5.41, 5.74) is 0.440. The van der Waals surface area contributed by atoms with E-state index in [1.54, 1.807) is 29.2 Å². The molecule has 5 nitrogen and oxygen atoms in total. The van der Waals surface area contributed by atoms with Crippen LogP contribution in [0.3, 0.4) is 0 Å². The Morgan fingerprint density at radius 1 is 1.04 bits per heavy atom. The highest BCUT2D eigenvalue weighted by molar-refractivity contribution is 7.98. The summed E-state index contributed by atoms with van der Waals surface area (Å²) < 4.78 is 26.9. The Morgan fingerprint density at radius 3 is 2.37 bits per heavy atom. The van der Waals surface area contributed by atoms with Crippen LogP contribution in [0.4, 0.5) is 0 Å². The topological polar surface area (TPSA) is 57.7 Å². The molecule has 1 fully saturated rings. The van der Waals surface area contributed by atoms with Gasteiger partial charge in [-0.1, -0.05) is 29.3 Å². The van der Waals surface area contributed by atoms with E-state index in [0.717, 1.165) is 4.90 Å². The molecule has 1 aliphatic heterocycles. The zero-order chi connectivity index (χ0) is 19.6. The summed E-state index contributed by atoms with van der Waals surface area (Å²) in [6, 6.07) is 11.5. The molecule has 1 aliphatic rings. The SMILES string of the molecule is CSc1ccc(Cl)c(C(=O)N2CCN(S(=O)(=O)c3cccc(Cl)c3)CC2)c1. The number of halogens is 2. The molecule has 0 unspecified atom stereocenters. The monoisotopic (exact) mass is 444 g/mol. The van der Waals surface area contributed by atoms with Crippen LogP contribution in [-0.2, 0) is 10.0 Å². The molecule has 1 saturated heterocycles. The second-order valence-corrected chi connectivity index (χ2v) is 9.66. The molecule has 0 aromatic heterocycles. The van der Waals surface area contributed by atoms with Gasteiger partial charge in [-0.3, -0.25) is 4.79 Å². The van der Waals surface area contributed by atoms with Gasteiger partial charge in [0.2, 0.25) is 10.0 Å². The van der Waals surface area contributed by atoms with Gasteiger partial charge in [0.1, 0.15) is 0 Å². The van der Waals surface area contributed by atoms with Gasteiger partial charge in [0, 0.05) is 36.1 Å². The van der Waals surface area contributed by atoms with Crippen LogP contribution in [0.1, 0.15) is 10.4 Å². The van der Waals surface area contributed by atoms with Gasteiger partial charge in [-0.15, -0.1) is 11.8 Å². The quantitative estimate of drug-likeness (QED) is 0.671. The van der Waals surface area contributed by atoms with E-state index >= 15 is 0 Å². The third-order valence-electron chi connectivity index (χ3n) is 4.36. The van der Waals surface area contributed by atoms with Crippen LogP contribution in [0.15, 0.2) is 52.3 Å². The number of carbonyl (C=O) groups is 1. The van der Waals surface area contributed by atoms with Gasteiger partial charge in [0.05, 0.1) is 15.5 Å². The van der Waals surface area contributed by atoms with Crippen LogP contribution in [0, 0.1) is 0 Å². The van der Waals surface area contributed by atoms with E-state index in [-0.39, 0.29) is 23.9 Å². The second-order valence-electron chi connectivity index (χ2n) is 6.00. The standard InChI is InChI=1S/C18H18Cl2N2O3S2/c1-26-14-5-6-17(20)16(12-14)18(23)21-7-9-22(10-8-21)27(24,25)15-4-2-3-13(19)11-15/h2-6,11-12H,7-10H2,1H3. The van der Waals surface area contributed by atoms with Crippen molar-refractivity contribution in [2.45, 2.75) is 9.79 Å². The van der Waals surface area contributed by atoms with Gasteiger partial charge in [0.25, 0.3) is 5.91 Å². The minimum Gasteiger partial charge on any atom is -0.336 e. The number of benzene rings is 2. The molecule has 2 aromatic rings. The Morgan fingerprint density at radius 2 is 1.74 bits per heavy atom. The van der Waals surface area contributed by atoms with Crippen LogP contribution < -0.4 is 0 Å². The third-order valence-corrected chi connectivity index (χ3v) is 7.55. The zero-order valence-corrected chi connectivity index (χ0v) is 17.7. The predicted octanol–water partition coefficient (Wildman–Crippen LogP) is 3.86. The first-order valence-corrected chi connectivity index (χ1v) is 11.6. The first-order valence-electron chi connectivity index (χ1n) is 8.21. The third kappa shape index (κ3) is 4.43. The number of hydrogen-bond acceptors (Lipinski definition) is 4. The smallest absolute Gasteiger partial charge is 0.255 e. The maximum absolute atomic E-state index is 12.8. The number of sulfonamides is 1. The summed E-state index contributed by atoms with van der Waals surface area (Å²) in [6.07, 6.45) is 1.93. The average molecular weight is 445 g/mol. The van der Waals surface area contributed by atoms with Gasteiger partial charge in [0.15, 0.2) is 0 Å². The van der Waals surface area contributed by atoms with E-state index in [2.05, 4.69) is 0 Å². The van der Waals surface area contributed by atoms with Crippen molar-refractivity contribution in [1.29, 1.82) is 0 Å². The molecule has 27 heavy (non-hydrogen) atoms. The zero-order valence-electron chi connectivity index (χ0n) is 14.6. The van der Waals surface area contributed by atoms with Crippen molar-refractivity contribution in [2.24, 2.45) is 0 Å². The van der Waals surface area contributed by atoms with Crippen LogP contribution in [0.25, 0.3) is 0 Å². The van der Waals surface area contributed by atoms with E-state index in [0.29, 0.717) is 28.7 Å². The Labute approximate surface area is 173 Å². The molecule has 0 saturated carbocycles. The van der Waals surface area contributed by atoms with Crippen LogP contribution in [-0.4, -0.2) is 56.0 Å². The lowest BCUT2D eigenvalue weighted by atomic mass is 10.2. The summed E-state index contributed by atoms with van der Waals surface area (Å²) in [7, 11) is -3.64. The molecule has 144 valence electrons. The predicted molar refractivity (Wildman–Crippen MR) is 109 cm³/mol. The van der Waals surface area contributed by atoms with E-state index < -0.39 is 10.0 Å². The van der Waals surface area contributed by atoms with Gasteiger partial charge in [-0.05, 0) is 42.7 Å². The number of amides is 1. The lowest BCUT2D eigenvalue weighted by Crippen LogP contribution is -2.50. The van der Waals surface area contributed by atoms with Gasteiger partial charge in [-0.2, -0.15) is 4.31 Å². The number of nitrogens with zero attached hydrogens (tertiary/aromatic N) is 2. The number of carbonyl (C=O) groups excluding carboxylic acids is 1. The summed E-state index contributed by atoms with van der Waals surface area (Å²) in [6.45, 7) is 1.05. The van der Waals surface area contributed by atoms with Crippen molar-refractivity contribution >= 4 is 50.9 Å². The molecule has 9 heteroatoms. The summed E-state index contributed by atoms with van der Waals surface area (Å²) in [4.78, 5) is 15.5.